The Labute approximate surface area is 142 Å². The van der Waals surface area contributed by atoms with Crippen molar-refractivity contribution in [1.82, 2.24) is 9.55 Å². The second-order valence-corrected chi connectivity index (χ2v) is 6.71. The minimum atomic E-state index is -0.257. The fourth-order valence-corrected chi connectivity index (χ4v) is 3.24. The summed E-state index contributed by atoms with van der Waals surface area (Å²) in [6, 6.07) is 5.76. The van der Waals surface area contributed by atoms with Crippen molar-refractivity contribution in [3.8, 4) is 0 Å². The fraction of sp³-hybridized carbons (Fsp3) is 0.0588. The van der Waals surface area contributed by atoms with Gasteiger partial charge in [-0.3, -0.25) is 4.79 Å². The molecule has 0 atom stereocenters. The summed E-state index contributed by atoms with van der Waals surface area (Å²) in [6.45, 7) is 3.45. The van der Waals surface area contributed by atoms with Gasteiger partial charge in [0.15, 0.2) is 0 Å². The second kappa shape index (κ2) is 6.40. The first-order chi connectivity index (χ1) is 11.1. The summed E-state index contributed by atoms with van der Waals surface area (Å²) in [6.07, 6.45) is 8.90. The molecule has 3 heterocycles. The number of fused-ring (bicyclic) bond motifs is 1. The number of carbonyl (C=O) groups is 1. The van der Waals surface area contributed by atoms with E-state index in [1.807, 2.05) is 48.2 Å². The first-order valence-corrected chi connectivity index (χ1v) is 8.08. The van der Waals surface area contributed by atoms with Gasteiger partial charge in [-0.1, -0.05) is 24.3 Å². The van der Waals surface area contributed by atoms with E-state index < -0.39 is 0 Å². The van der Waals surface area contributed by atoms with Crippen LogP contribution in [0.15, 0.2) is 43.2 Å². The molecule has 116 valence electrons. The lowest BCUT2D eigenvalue weighted by Gasteiger charge is -2.02. The number of halogens is 1. The van der Waals surface area contributed by atoms with Gasteiger partial charge in [0.2, 0.25) is 5.91 Å². The zero-order valence-electron chi connectivity index (χ0n) is 12.4. The molecular formula is C17H14ClN3OS. The lowest BCUT2D eigenvalue weighted by Crippen LogP contribution is -2.07. The number of carbonyl (C=O) groups excluding carboxylic acids is 1. The molecule has 0 aliphatic rings. The van der Waals surface area contributed by atoms with Crippen LogP contribution in [0.4, 0.5) is 5.69 Å². The SMILES string of the molecule is C=CC(=O)Nc1cnc2c(c1)c(C=Cc1ccc(Cl)s1)cn2C. The van der Waals surface area contributed by atoms with Gasteiger partial charge in [0.25, 0.3) is 0 Å². The van der Waals surface area contributed by atoms with Crippen LogP contribution < -0.4 is 5.32 Å². The molecule has 0 bridgehead atoms. The summed E-state index contributed by atoms with van der Waals surface area (Å²) in [7, 11) is 1.94. The Hall–Kier alpha value is -2.37. The third-order valence-corrected chi connectivity index (χ3v) is 4.51. The first-order valence-electron chi connectivity index (χ1n) is 6.89. The predicted octanol–water partition coefficient (Wildman–Crippen LogP) is 4.58. The Bertz CT molecular complexity index is 923. The Morgan fingerprint density at radius 2 is 2.26 bits per heavy atom. The maximum absolute atomic E-state index is 11.4. The monoisotopic (exact) mass is 343 g/mol. The van der Waals surface area contributed by atoms with E-state index in [1.165, 1.54) is 17.4 Å². The minimum absolute atomic E-state index is 0.257. The zero-order chi connectivity index (χ0) is 16.4. The normalized spacial score (nSPS) is 11.2. The van der Waals surface area contributed by atoms with E-state index >= 15 is 0 Å². The molecule has 1 amide bonds. The summed E-state index contributed by atoms with van der Waals surface area (Å²) in [5, 5.41) is 3.70. The van der Waals surface area contributed by atoms with Crippen molar-refractivity contribution in [2.75, 3.05) is 5.32 Å². The molecule has 0 fully saturated rings. The van der Waals surface area contributed by atoms with Crippen LogP contribution in [-0.4, -0.2) is 15.5 Å². The topological polar surface area (TPSA) is 46.9 Å². The molecule has 4 nitrogen and oxygen atoms in total. The second-order valence-electron chi connectivity index (χ2n) is 4.96. The van der Waals surface area contributed by atoms with Crippen molar-refractivity contribution in [3.63, 3.8) is 0 Å². The Kier molecular flexibility index (Phi) is 4.32. The van der Waals surface area contributed by atoms with Gasteiger partial charge in [0, 0.05) is 29.1 Å². The molecule has 0 radical (unpaired) electrons. The van der Waals surface area contributed by atoms with Crippen molar-refractivity contribution in [1.29, 1.82) is 0 Å². The number of pyridine rings is 1. The van der Waals surface area contributed by atoms with E-state index in [2.05, 4.69) is 16.9 Å². The number of aromatic nitrogens is 2. The third-order valence-electron chi connectivity index (χ3n) is 3.32. The number of amides is 1. The third kappa shape index (κ3) is 3.36. The van der Waals surface area contributed by atoms with Gasteiger partial charge in [-0.15, -0.1) is 11.3 Å². The molecule has 1 N–H and O–H groups in total. The zero-order valence-corrected chi connectivity index (χ0v) is 14.0. The van der Waals surface area contributed by atoms with E-state index in [4.69, 9.17) is 11.6 Å². The lowest BCUT2D eigenvalue weighted by molar-refractivity contribution is -0.111. The molecule has 3 aromatic rings. The number of hydrogen-bond donors (Lipinski definition) is 1. The highest BCUT2D eigenvalue weighted by molar-refractivity contribution is 7.17. The first kappa shape index (κ1) is 15.5. The molecule has 3 rings (SSSR count). The van der Waals surface area contributed by atoms with Crippen LogP contribution in [0, 0.1) is 0 Å². The quantitative estimate of drug-likeness (QED) is 0.705. The molecule has 0 saturated heterocycles. The van der Waals surface area contributed by atoms with E-state index in [1.54, 1.807) is 6.20 Å². The fourth-order valence-electron chi connectivity index (χ4n) is 2.27. The smallest absolute Gasteiger partial charge is 0.247 e. The maximum atomic E-state index is 11.4. The van der Waals surface area contributed by atoms with Gasteiger partial charge in [-0.25, -0.2) is 4.98 Å². The lowest BCUT2D eigenvalue weighted by atomic mass is 10.2. The Balaban J connectivity index is 1.99. The minimum Gasteiger partial charge on any atom is -0.335 e. The van der Waals surface area contributed by atoms with Crippen LogP contribution in [0.25, 0.3) is 23.2 Å². The molecular weight excluding hydrogens is 330 g/mol. The summed E-state index contributed by atoms with van der Waals surface area (Å²) >= 11 is 7.47. The van der Waals surface area contributed by atoms with Crippen LogP contribution in [0.3, 0.4) is 0 Å². The van der Waals surface area contributed by atoms with Crippen LogP contribution >= 0.6 is 22.9 Å². The standard InChI is InChI=1S/C17H14ClN3OS/c1-3-16(22)20-12-8-14-11(10-21(2)17(14)19-9-12)4-5-13-6-7-15(18)23-13/h3-10H,1H2,2H3,(H,20,22). The van der Waals surface area contributed by atoms with Crippen molar-refractivity contribution in [2.24, 2.45) is 7.05 Å². The summed E-state index contributed by atoms with van der Waals surface area (Å²) in [5.41, 5.74) is 2.52. The van der Waals surface area contributed by atoms with E-state index in [9.17, 15) is 4.79 Å². The van der Waals surface area contributed by atoms with Crippen molar-refractivity contribution in [2.45, 2.75) is 0 Å². The molecule has 0 spiro atoms. The number of anilines is 1. The van der Waals surface area contributed by atoms with Gasteiger partial charge in [0.1, 0.15) is 5.65 Å². The van der Waals surface area contributed by atoms with E-state index in [-0.39, 0.29) is 5.91 Å². The number of rotatable bonds is 4. The molecule has 23 heavy (non-hydrogen) atoms. The number of nitrogens with zero attached hydrogens (tertiary/aromatic N) is 2. The highest BCUT2D eigenvalue weighted by Gasteiger charge is 2.08. The van der Waals surface area contributed by atoms with Gasteiger partial charge in [0.05, 0.1) is 16.2 Å². The molecule has 0 unspecified atom stereocenters. The van der Waals surface area contributed by atoms with Crippen LogP contribution in [0.5, 0.6) is 0 Å². The van der Waals surface area contributed by atoms with Crippen LogP contribution in [-0.2, 0) is 11.8 Å². The Morgan fingerprint density at radius 3 is 2.96 bits per heavy atom. The van der Waals surface area contributed by atoms with Crippen molar-refractivity contribution < 1.29 is 4.79 Å². The number of aryl methyl sites for hydroxylation is 1. The van der Waals surface area contributed by atoms with E-state index in [0.29, 0.717) is 5.69 Å². The number of thiophene rings is 1. The highest BCUT2D eigenvalue weighted by atomic mass is 35.5. The van der Waals surface area contributed by atoms with Gasteiger partial charge < -0.3 is 9.88 Å². The van der Waals surface area contributed by atoms with Gasteiger partial charge in [-0.05, 0) is 30.4 Å². The Morgan fingerprint density at radius 1 is 1.43 bits per heavy atom. The van der Waals surface area contributed by atoms with Crippen molar-refractivity contribution >= 4 is 57.7 Å². The van der Waals surface area contributed by atoms with Crippen molar-refractivity contribution in [3.05, 3.63) is 58.0 Å². The van der Waals surface area contributed by atoms with Gasteiger partial charge >= 0.3 is 0 Å². The summed E-state index contributed by atoms with van der Waals surface area (Å²) in [4.78, 5) is 16.9. The number of nitrogens with one attached hydrogen (secondary N) is 1. The average molecular weight is 344 g/mol. The average Bonchev–Trinajstić information content (AvgIpc) is 3.09. The summed E-state index contributed by atoms with van der Waals surface area (Å²) < 4.78 is 2.72. The maximum Gasteiger partial charge on any atom is 0.247 e. The molecule has 3 aromatic heterocycles. The largest absolute Gasteiger partial charge is 0.335 e. The highest BCUT2D eigenvalue weighted by Crippen LogP contribution is 2.26. The van der Waals surface area contributed by atoms with E-state index in [0.717, 1.165) is 25.8 Å². The molecule has 0 aromatic carbocycles. The van der Waals surface area contributed by atoms with Crippen LogP contribution in [0.2, 0.25) is 4.34 Å². The molecule has 0 aliphatic heterocycles. The molecule has 0 saturated carbocycles. The van der Waals surface area contributed by atoms with Gasteiger partial charge in [-0.2, -0.15) is 0 Å². The molecule has 6 heteroatoms. The summed E-state index contributed by atoms with van der Waals surface area (Å²) in [5.74, 6) is -0.257. The number of hydrogen-bond acceptors (Lipinski definition) is 3. The predicted molar refractivity (Wildman–Crippen MR) is 97.8 cm³/mol. The molecule has 0 aliphatic carbocycles. The van der Waals surface area contributed by atoms with Crippen LogP contribution in [0.1, 0.15) is 10.4 Å².